The van der Waals surface area contributed by atoms with Gasteiger partial charge in [0.05, 0.1) is 6.04 Å². The topological polar surface area (TPSA) is 41.6 Å². The van der Waals surface area contributed by atoms with Crippen molar-refractivity contribution in [2.45, 2.75) is 38.2 Å². The van der Waals surface area contributed by atoms with Crippen molar-refractivity contribution >= 4 is 5.91 Å². The van der Waals surface area contributed by atoms with Crippen LogP contribution in [-0.4, -0.2) is 36.8 Å². The Morgan fingerprint density at radius 1 is 1.32 bits per heavy atom. The quantitative estimate of drug-likeness (QED) is 0.928. The molecule has 1 aromatic carbocycles. The van der Waals surface area contributed by atoms with Crippen molar-refractivity contribution in [2.24, 2.45) is 0 Å². The first-order valence-corrected chi connectivity index (χ1v) is 7.18. The molecule has 2 rings (SSSR count). The maximum absolute atomic E-state index is 12.2. The minimum absolute atomic E-state index is 0.00955. The van der Waals surface area contributed by atoms with Crippen LogP contribution in [0, 0.1) is 0 Å². The first-order chi connectivity index (χ1) is 10.3. The van der Waals surface area contributed by atoms with E-state index in [-0.39, 0.29) is 17.7 Å². The predicted molar refractivity (Wildman–Crippen MR) is 75.2 cm³/mol. The number of hydrogen-bond donors (Lipinski definition) is 1. The molecule has 1 amide bonds. The lowest BCUT2D eigenvalue weighted by Gasteiger charge is -2.27. The number of benzene rings is 1. The number of amides is 1. The second-order valence-electron chi connectivity index (χ2n) is 5.39. The number of nitrogens with zero attached hydrogens (tertiary/aromatic N) is 1. The summed E-state index contributed by atoms with van der Waals surface area (Å²) in [6.07, 6.45) is -1.77. The highest BCUT2D eigenvalue weighted by atomic mass is 19.4. The van der Waals surface area contributed by atoms with E-state index in [0.717, 1.165) is 31.4 Å². The van der Waals surface area contributed by atoms with Crippen LogP contribution in [-0.2, 0) is 11.3 Å². The molecule has 22 heavy (non-hydrogen) atoms. The van der Waals surface area contributed by atoms with E-state index >= 15 is 0 Å². The lowest BCUT2D eigenvalue weighted by Crippen LogP contribution is -2.46. The van der Waals surface area contributed by atoms with Crippen LogP contribution in [0.2, 0.25) is 0 Å². The zero-order valence-corrected chi connectivity index (χ0v) is 12.3. The van der Waals surface area contributed by atoms with Crippen molar-refractivity contribution in [3.8, 4) is 5.75 Å². The molecule has 1 aliphatic heterocycles. The standard InChI is InChI=1S/C15H19F3N2O2/c1-20(14(21)13-4-2-3-9-19-13)10-11-5-7-12(8-6-11)22-15(16,17)18/h5-8,13,19H,2-4,9-10H2,1H3. The molecule has 0 bridgehead atoms. The first kappa shape index (κ1) is 16.6. The molecule has 0 saturated carbocycles. The second kappa shape index (κ2) is 7.00. The zero-order valence-electron chi connectivity index (χ0n) is 12.3. The minimum Gasteiger partial charge on any atom is -0.406 e. The molecule has 122 valence electrons. The normalized spacial score (nSPS) is 18.8. The molecule has 1 aromatic rings. The summed E-state index contributed by atoms with van der Waals surface area (Å²) in [7, 11) is 1.69. The molecule has 0 radical (unpaired) electrons. The molecule has 1 heterocycles. The number of piperidine rings is 1. The summed E-state index contributed by atoms with van der Waals surface area (Å²) in [4.78, 5) is 13.8. The fraction of sp³-hybridized carbons (Fsp3) is 0.533. The lowest BCUT2D eigenvalue weighted by atomic mass is 10.0. The summed E-state index contributed by atoms with van der Waals surface area (Å²) in [6, 6.07) is 5.39. The summed E-state index contributed by atoms with van der Waals surface area (Å²) >= 11 is 0. The smallest absolute Gasteiger partial charge is 0.406 e. The van der Waals surface area contributed by atoms with E-state index in [0.29, 0.717) is 6.54 Å². The molecule has 1 unspecified atom stereocenters. The SMILES string of the molecule is CN(Cc1ccc(OC(F)(F)F)cc1)C(=O)C1CCCCN1. The molecule has 1 aliphatic rings. The molecule has 1 N–H and O–H groups in total. The summed E-state index contributed by atoms with van der Waals surface area (Å²) in [5.74, 6) is -0.255. The van der Waals surface area contributed by atoms with Crippen LogP contribution >= 0.6 is 0 Å². The fourth-order valence-electron chi connectivity index (χ4n) is 2.48. The van der Waals surface area contributed by atoms with Crippen LogP contribution in [0.25, 0.3) is 0 Å². The van der Waals surface area contributed by atoms with Crippen molar-refractivity contribution in [3.05, 3.63) is 29.8 Å². The van der Waals surface area contributed by atoms with E-state index in [1.54, 1.807) is 11.9 Å². The molecule has 1 fully saturated rings. The number of hydrogen-bond acceptors (Lipinski definition) is 3. The van der Waals surface area contributed by atoms with Crippen molar-refractivity contribution in [1.29, 1.82) is 0 Å². The van der Waals surface area contributed by atoms with Crippen LogP contribution in [0.5, 0.6) is 5.75 Å². The van der Waals surface area contributed by atoms with Gasteiger partial charge in [0.2, 0.25) is 5.91 Å². The molecule has 7 heteroatoms. The number of alkyl halides is 3. The summed E-state index contributed by atoms with van der Waals surface area (Å²) in [5.41, 5.74) is 0.751. The van der Waals surface area contributed by atoms with Gasteiger partial charge < -0.3 is 15.0 Å². The second-order valence-corrected chi connectivity index (χ2v) is 5.39. The van der Waals surface area contributed by atoms with Gasteiger partial charge in [-0.25, -0.2) is 0 Å². The Labute approximate surface area is 127 Å². The number of nitrogens with one attached hydrogen (secondary N) is 1. The van der Waals surface area contributed by atoms with E-state index in [9.17, 15) is 18.0 Å². The van der Waals surface area contributed by atoms with E-state index in [4.69, 9.17) is 0 Å². The molecule has 0 spiro atoms. The predicted octanol–water partition coefficient (Wildman–Crippen LogP) is 2.69. The van der Waals surface area contributed by atoms with E-state index in [1.807, 2.05) is 0 Å². The number of halogens is 3. The van der Waals surface area contributed by atoms with Crippen molar-refractivity contribution in [1.82, 2.24) is 10.2 Å². The number of carbonyl (C=O) groups excluding carboxylic acids is 1. The highest BCUT2D eigenvalue weighted by Crippen LogP contribution is 2.23. The average molecular weight is 316 g/mol. The Kier molecular flexibility index (Phi) is 5.28. The van der Waals surface area contributed by atoms with E-state index in [1.165, 1.54) is 24.3 Å². The van der Waals surface area contributed by atoms with Gasteiger partial charge in [0.1, 0.15) is 5.75 Å². The number of ether oxygens (including phenoxy) is 1. The molecule has 0 aliphatic carbocycles. The van der Waals surface area contributed by atoms with Crippen LogP contribution < -0.4 is 10.1 Å². The van der Waals surface area contributed by atoms with Gasteiger partial charge in [0, 0.05) is 13.6 Å². The molecule has 4 nitrogen and oxygen atoms in total. The number of carbonyl (C=O) groups is 1. The molecular weight excluding hydrogens is 297 g/mol. The summed E-state index contributed by atoms with van der Waals surface area (Å²) in [6.45, 7) is 1.19. The van der Waals surface area contributed by atoms with Crippen LogP contribution in [0.4, 0.5) is 13.2 Å². The van der Waals surface area contributed by atoms with Crippen molar-refractivity contribution in [2.75, 3.05) is 13.6 Å². The number of rotatable bonds is 4. The van der Waals surface area contributed by atoms with Gasteiger partial charge in [-0.05, 0) is 37.1 Å². The minimum atomic E-state index is -4.69. The molecule has 1 saturated heterocycles. The van der Waals surface area contributed by atoms with Gasteiger partial charge in [-0.1, -0.05) is 18.6 Å². The third-order valence-electron chi connectivity index (χ3n) is 3.56. The monoisotopic (exact) mass is 316 g/mol. The molecule has 0 aromatic heterocycles. The third-order valence-corrected chi connectivity index (χ3v) is 3.56. The van der Waals surface area contributed by atoms with Crippen LogP contribution in [0.15, 0.2) is 24.3 Å². The van der Waals surface area contributed by atoms with Gasteiger partial charge in [-0.15, -0.1) is 13.2 Å². The lowest BCUT2D eigenvalue weighted by molar-refractivity contribution is -0.274. The Hall–Kier alpha value is -1.76. The van der Waals surface area contributed by atoms with Gasteiger partial charge >= 0.3 is 6.36 Å². The van der Waals surface area contributed by atoms with Crippen molar-refractivity contribution in [3.63, 3.8) is 0 Å². The molecule has 1 atom stereocenters. The van der Waals surface area contributed by atoms with E-state index in [2.05, 4.69) is 10.1 Å². The van der Waals surface area contributed by atoms with Crippen LogP contribution in [0.1, 0.15) is 24.8 Å². The summed E-state index contributed by atoms with van der Waals surface area (Å²) < 4.78 is 40.1. The average Bonchev–Trinajstić information content (AvgIpc) is 2.48. The van der Waals surface area contributed by atoms with Gasteiger partial charge in [-0.3, -0.25) is 4.79 Å². The fourth-order valence-corrected chi connectivity index (χ4v) is 2.48. The first-order valence-electron chi connectivity index (χ1n) is 7.18. The van der Waals surface area contributed by atoms with Crippen LogP contribution in [0.3, 0.4) is 0 Å². The zero-order chi connectivity index (χ0) is 16.2. The Bertz CT molecular complexity index is 497. The molecular formula is C15H19F3N2O2. The number of likely N-dealkylation sites (N-methyl/N-ethyl adjacent to an activating group) is 1. The highest BCUT2D eigenvalue weighted by Gasteiger charge is 2.31. The van der Waals surface area contributed by atoms with E-state index < -0.39 is 6.36 Å². The Morgan fingerprint density at radius 2 is 2.00 bits per heavy atom. The largest absolute Gasteiger partial charge is 0.573 e. The Balaban J connectivity index is 1.90. The highest BCUT2D eigenvalue weighted by molar-refractivity contribution is 5.81. The van der Waals surface area contributed by atoms with Crippen molar-refractivity contribution < 1.29 is 22.7 Å². The Morgan fingerprint density at radius 3 is 2.55 bits per heavy atom. The van der Waals surface area contributed by atoms with Gasteiger partial charge in [0.15, 0.2) is 0 Å². The summed E-state index contributed by atoms with van der Waals surface area (Å²) in [5, 5.41) is 3.18. The van der Waals surface area contributed by atoms with Gasteiger partial charge in [-0.2, -0.15) is 0 Å². The third kappa shape index (κ3) is 4.91. The maximum Gasteiger partial charge on any atom is 0.573 e. The maximum atomic E-state index is 12.2. The van der Waals surface area contributed by atoms with Gasteiger partial charge in [0.25, 0.3) is 0 Å².